The Kier molecular flexibility index (Phi) is 3.24. The molecule has 0 aromatic carbocycles. The molecule has 0 saturated heterocycles. The van der Waals surface area contributed by atoms with E-state index in [1.807, 2.05) is 4.98 Å². The number of aromatic amines is 1. The summed E-state index contributed by atoms with van der Waals surface area (Å²) in [4.78, 5) is 37.7. The lowest BCUT2D eigenvalue weighted by molar-refractivity contribution is -0.135. The highest BCUT2D eigenvalue weighted by molar-refractivity contribution is 5.83. The molecule has 0 radical (unpaired) electrons. The first kappa shape index (κ1) is 11.7. The van der Waals surface area contributed by atoms with Crippen LogP contribution in [0.5, 0.6) is 5.88 Å². The number of hydrogen-bond donors (Lipinski definition) is 3. The maximum atomic E-state index is 11.2. The molecule has 8 heteroatoms. The molecule has 0 aliphatic rings. The Labute approximate surface area is 88.5 Å². The number of hydrogen-bond acceptors (Lipinski definition) is 5. The van der Waals surface area contributed by atoms with Crippen molar-refractivity contribution >= 4 is 12.2 Å². The minimum atomic E-state index is -1.17. The second kappa shape index (κ2) is 4.43. The molecule has 0 fully saturated rings. The predicted octanol–water partition coefficient (Wildman–Crippen LogP) is -1.72. The molecule has 0 amide bonds. The molecule has 1 rings (SSSR count). The van der Waals surface area contributed by atoms with Crippen LogP contribution in [0.4, 0.5) is 0 Å². The van der Waals surface area contributed by atoms with Gasteiger partial charge < -0.3 is 10.2 Å². The Hall–Kier alpha value is -2.38. The molecule has 0 bridgehead atoms. The number of aliphatic carboxylic acids is 1. The Morgan fingerprint density at radius 3 is 2.75 bits per heavy atom. The summed E-state index contributed by atoms with van der Waals surface area (Å²) >= 11 is 0. The first-order valence-corrected chi connectivity index (χ1v) is 4.17. The molecule has 16 heavy (non-hydrogen) atoms. The largest absolute Gasteiger partial charge is 0.494 e. The van der Waals surface area contributed by atoms with Crippen LogP contribution in [0.2, 0.25) is 0 Å². The Morgan fingerprint density at radius 1 is 1.56 bits per heavy atom. The number of carboxylic acids is 1. The Balaban J connectivity index is 3.20. The molecule has 0 saturated carbocycles. The summed E-state index contributed by atoms with van der Waals surface area (Å²) < 4.78 is 0.809. The van der Waals surface area contributed by atoms with Gasteiger partial charge in [-0.1, -0.05) is 0 Å². The summed E-state index contributed by atoms with van der Waals surface area (Å²) in [6, 6.07) is 0. The standard InChI is InChI=1S/C8H9N3O5/c1-11-7(15)4(2-9-3-5(12)13)6(14)10-8(11)16/h2,15H,3H2,1H3,(H,12,13)(H,10,14,16). The van der Waals surface area contributed by atoms with Crippen molar-refractivity contribution in [2.75, 3.05) is 6.54 Å². The number of nitrogens with zero attached hydrogens (tertiary/aromatic N) is 2. The maximum absolute atomic E-state index is 11.2. The van der Waals surface area contributed by atoms with Crippen molar-refractivity contribution in [2.45, 2.75) is 0 Å². The lowest BCUT2D eigenvalue weighted by Crippen LogP contribution is -2.30. The van der Waals surface area contributed by atoms with E-state index in [0.29, 0.717) is 0 Å². The van der Waals surface area contributed by atoms with E-state index in [0.717, 1.165) is 10.8 Å². The Bertz CT molecular complexity index is 554. The zero-order chi connectivity index (χ0) is 12.3. The van der Waals surface area contributed by atoms with Crippen molar-refractivity contribution < 1.29 is 15.0 Å². The predicted molar refractivity (Wildman–Crippen MR) is 54.1 cm³/mol. The van der Waals surface area contributed by atoms with Crippen molar-refractivity contribution in [1.29, 1.82) is 0 Å². The molecule has 0 spiro atoms. The highest BCUT2D eigenvalue weighted by Gasteiger charge is 2.09. The number of H-pyrrole nitrogens is 1. The third-order valence-electron chi connectivity index (χ3n) is 1.78. The van der Waals surface area contributed by atoms with E-state index in [-0.39, 0.29) is 5.56 Å². The monoisotopic (exact) mass is 227 g/mol. The van der Waals surface area contributed by atoms with Crippen molar-refractivity contribution in [3.63, 3.8) is 0 Å². The van der Waals surface area contributed by atoms with Gasteiger partial charge in [0.25, 0.3) is 5.56 Å². The van der Waals surface area contributed by atoms with Gasteiger partial charge >= 0.3 is 11.7 Å². The molecule has 0 atom stereocenters. The molecule has 0 aliphatic heterocycles. The van der Waals surface area contributed by atoms with E-state index in [4.69, 9.17) is 5.11 Å². The van der Waals surface area contributed by atoms with Crippen LogP contribution in [0, 0.1) is 0 Å². The van der Waals surface area contributed by atoms with Gasteiger partial charge in [-0.3, -0.25) is 24.1 Å². The molecule has 0 unspecified atom stereocenters. The van der Waals surface area contributed by atoms with E-state index < -0.39 is 29.6 Å². The highest BCUT2D eigenvalue weighted by Crippen LogP contribution is 2.04. The number of rotatable bonds is 3. The second-order valence-corrected chi connectivity index (χ2v) is 2.92. The topological polar surface area (TPSA) is 125 Å². The summed E-state index contributed by atoms with van der Waals surface area (Å²) in [5.41, 5.74) is -1.85. The third-order valence-corrected chi connectivity index (χ3v) is 1.78. The third kappa shape index (κ3) is 2.35. The zero-order valence-corrected chi connectivity index (χ0v) is 8.30. The minimum Gasteiger partial charge on any atom is -0.494 e. The molecule has 86 valence electrons. The molecule has 1 aromatic heterocycles. The quantitative estimate of drug-likeness (QED) is 0.530. The molecular formula is C8H9N3O5. The second-order valence-electron chi connectivity index (χ2n) is 2.92. The fourth-order valence-corrected chi connectivity index (χ4v) is 0.958. The minimum absolute atomic E-state index is 0.261. The van der Waals surface area contributed by atoms with Crippen LogP contribution in [0.1, 0.15) is 5.56 Å². The molecule has 1 aromatic rings. The van der Waals surface area contributed by atoms with Crippen molar-refractivity contribution in [3.8, 4) is 5.88 Å². The number of nitrogens with one attached hydrogen (secondary N) is 1. The maximum Gasteiger partial charge on any atom is 0.330 e. The number of carboxylic acid groups (broad SMARTS) is 1. The van der Waals surface area contributed by atoms with Gasteiger partial charge in [-0.15, -0.1) is 0 Å². The first-order valence-electron chi connectivity index (χ1n) is 4.17. The summed E-state index contributed by atoms with van der Waals surface area (Å²) in [6.07, 6.45) is 0.904. The lowest BCUT2D eigenvalue weighted by atomic mass is 10.3. The van der Waals surface area contributed by atoms with Crippen LogP contribution >= 0.6 is 0 Å². The van der Waals surface area contributed by atoms with Crippen LogP contribution in [-0.4, -0.2) is 38.5 Å². The SMILES string of the molecule is Cn1c(O)c(C=NCC(=O)O)c(=O)[nH]c1=O. The number of aromatic hydroxyl groups is 1. The fraction of sp³-hybridized carbons (Fsp3) is 0.250. The normalized spacial score (nSPS) is 10.8. The number of aliphatic imine (C=N–C) groups is 1. The van der Waals surface area contributed by atoms with E-state index >= 15 is 0 Å². The van der Waals surface area contributed by atoms with Gasteiger partial charge in [0.15, 0.2) is 0 Å². The number of carbonyl (C=O) groups is 1. The molecule has 8 nitrogen and oxygen atoms in total. The summed E-state index contributed by atoms with van der Waals surface area (Å²) in [5.74, 6) is -1.74. The van der Waals surface area contributed by atoms with E-state index in [2.05, 4.69) is 4.99 Å². The van der Waals surface area contributed by atoms with Gasteiger partial charge in [0.2, 0.25) is 5.88 Å². The zero-order valence-electron chi connectivity index (χ0n) is 8.30. The first-order chi connectivity index (χ1) is 7.43. The molecular weight excluding hydrogens is 218 g/mol. The van der Waals surface area contributed by atoms with E-state index in [1.165, 1.54) is 7.05 Å². The van der Waals surface area contributed by atoms with Gasteiger partial charge in [-0.05, 0) is 0 Å². The summed E-state index contributed by atoms with van der Waals surface area (Å²) in [6.45, 7) is -0.526. The van der Waals surface area contributed by atoms with Crippen LogP contribution in [-0.2, 0) is 11.8 Å². The average molecular weight is 227 g/mol. The van der Waals surface area contributed by atoms with Gasteiger partial charge in [-0.2, -0.15) is 0 Å². The van der Waals surface area contributed by atoms with E-state index in [1.54, 1.807) is 0 Å². The van der Waals surface area contributed by atoms with Crippen molar-refractivity contribution in [2.24, 2.45) is 12.0 Å². The highest BCUT2D eigenvalue weighted by atomic mass is 16.4. The molecule has 0 aliphatic carbocycles. The van der Waals surface area contributed by atoms with Crippen LogP contribution in [0.15, 0.2) is 14.6 Å². The van der Waals surface area contributed by atoms with Crippen molar-refractivity contribution in [1.82, 2.24) is 9.55 Å². The number of aromatic nitrogens is 2. The smallest absolute Gasteiger partial charge is 0.330 e. The van der Waals surface area contributed by atoms with Crippen LogP contribution in [0.25, 0.3) is 0 Å². The van der Waals surface area contributed by atoms with Crippen LogP contribution in [0.3, 0.4) is 0 Å². The summed E-state index contributed by atoms with van der Waals surface area (Å²) in [5, 5.41) is 17.7. The van der Waals surface area contributed by atoms with Gasteiger partial charge in [0.05, 0.1) is 0 Å². The summed E-state index contributed by atoms with van der Waals surface area (Å²) in [7, 11) is 1.25. The molecule has 3 N–H and O–H groups in total. The Morgan fingerprint density at radius 2 is 2.19 bits per heavy atom. The van der Waals surface area contributed by atoms with Gasteiger partial charge in [0, 0.05) is 13.3 Å². The van der Waals surface area contributed by atoms with Gasteiger partial charge in [-0.25, -0.2) is 4.79 Å². The fourth-order valence-electron chi connectivity index (χ4n) is 0.958. The van der Waals surface area contributed by atoms with Crippen molar-refractivity contribution in [3.05, 3.63) is 26.4 Å². The van der Waals surface area contributed by atoms with Gasteiger partial charge in [0.1, 0.15) is 12.1 Å². The average Bonchev–Trinajstić information content (AvgIpc) is 2.19. The molecule has 1 heterocycles. The van der Waals surface area contributed by atoms with E-state index in [9.17, 15) is 19.5 Å². The van der Waals surface area contributed by atoms with Crippen LogP contribution < -0.4 is 11.2 Å². The lowest BCUT2D eigenvalue weighted by Gasteiger charge is -2.02.